The Kier molecular flexibility index (Phi) is 1.74. The Morgan fingerprint density at radius 2 is 2.08 bits per heavy atom. The SMILES string of the molecule is O=c1oc2cc(O)ccc2cc1Cl. The first-order chi connectivity index (χ1) is 6.16. The van der Waals surface area contributed by atoms with Crippen molar-refractivity contribution in [1.82, 2.24) is 0 Å². The molecule has 3 nitrogen and oxygen atoms in total. The third-order valence-corrected chi connectivity index (χ3v) is 1.94. The lowest BCUT2D eigenvalue weighted by Crippen LogP contribution is -1.97. The highest BCUT2D eigenvalue weighted by Crippen LogP contribution is 2.20. The summed E-state index contributed by atoms with van der Waals surface area (Å²) in [7, 11) is 0. The number of hydrogen-bond donors (Lipinski definition) is 1. The fourth-order valence-corrected chi connectivity index (χ4v) is 1.23. The number of phenolic OH excluding ortho intramolecular Hbond substituents is 1. The maximum absolute atomic E-state index is 11.0. The predicted octanol–water partition coefficient (Wildman–Crippen LogP) is 2.15. The summed E-state index contributed by atoms with van der Waals surface area (Å²) in [6, 6.07) is 5.99. The maximum Gasteiger partial charge on any atom is 0.355 e. The van der Waals surface area contributed by atoms with Gasteiger partial charge in [0.25, 0.3) is 0 Å². The van der Waals surface area contributed by atoms with Gasteiger partial charge >= 0.3 is 5.63 Å². The zero-order valence-electron chi connectivity index (χ0n) is 6.45. The van der Waals surface area contributed by atoms with E-state index in [1.807, 2.05) is 0 Å². The molecule has 0 unspecified atom stereocenters. The quantitative estimate of drug-likeness (QED) is 0.657. The Labute approximate surface area is 78.2 Å². The minimum Gasteiger partial charge on any atom is -0.508 e. The fourth-order valence-electron chi connectivity index (χ4n) is 1.07. The van der Waals surface area contributed by atoms with Gasteiger partial charge in [-0.1, -0.05) is 11.6 Å². The average Bonchev–Trinajstić information content (AvgIpc) is 2.08. The number of halogens is 1. The summed E-state index contributed by atoms with van der Waals surface area (Å²) in [6.07, 6.45) is 0. The summed E-state index contributed by atoms with van der Waals surface area (Å²) in [4.78, 5) is 11.0. The summed E-state index contributed by atoms with van der Waals surface area (Å²) < 4.78 is 4.83. The van der Waals surface area contributed by atoms with E-state index < -0.39 is 5.63 Å². The van der Waals surface area contributed by atoms with Gasteiger partial charge in [0, 0.05) is 11.5 Å². The van der Waals surface area contributed by atoms with Crippen molar-refractivity contribution >= 4 is 22.6 Å². The lowest BCUT2D eigenvalue weighted by atomic mass is 10.2. The fraction of sp³-hybridized carbons (Fsp3) is 0. The number of phenols is 1. The van der Waals surface area contributed by atoms with E-state index in [1.54, 1.807) is 6.07 Å². The second-order valence-corrected chi connectivity index (χ2v) is 3.01. The second-order valence-electron chi connectivity index (χ2n) is 2.60. The number of fused-ring (bicyclic) bond motifs is 1. The highest BCUT2D eigenvalue weighted by atomic mass is 35.5. The van der Waals surface area contributed by atoms with E-state index in [-0.39, 0.29) is 10.8 Å². The van der Waals surface area contributed by atoms with Crippen LogP contribution in [-0.4, -0.2) is 5.11 Å². The summed E-state index contributed by atoms with van der Waals surface area (Å²) in [5, 5.41) is 9.82. The number of benzene rings is 1. The van der Waals surface area contributed by atoms with Gasteiger partial charge in [0.2, 0.25) is 0 Å². The van der Waals surface area contributed by atoms with E-state index in [4.69, 9.17) is 21.1 Å². The van der Waals surface area contributed by atoms with Crippen LogP contribution in [0, 0.1) is 0 Å². The molecule has 0 fully saturated rings. The van der Waals surface area contributed by atoms with Gasteiger partial charge in [-0.05, 0) is 18.2 Å². The van der Waals surface area contributed by atoms with E-state index >= 15 is 0 Å². The molecule has 4 heteroatoms. The van der Waals surface area contributed by atoms with E-state index in [2.05, 4.69) is 0 Å². The van der Waals surface area contributed by atoms with Gasteiger partial charge in [-0.15, -0.1) is 0 Å². The summed E-state index contributed by atoms with van der Waals surface area (Å²) >= 11 is 5.56. The molecule has 2 rings (SSSR count). The third-order valence-electron chi connectivity index (χ3n) is 1.68. The monoisotopic (exact) mass is 196 g/mol. The smallest absolute Gasteiger partial charge is 0.355 e. The van der Waals surface area contributed by atoms with Crippen LogP contribution in [0.2, 0.25) is 5.02 Å². The third kappa shape index (κ3) is 1.38. The van der Waals surface area contributed by atoms with Crippen molar-refractivity contribution in [2.75, 3.05) is 0 Å². The van der Waals surface area contributed by atoms with E-state index in [0.29, 0.717) is 11.0 Å². The van der Waals surface area contributed by atoms with Gasteiger partial charge in [-0.3, -0.25) is 0 Å². The molecule has 1 heterocycles. The Morgan fingerprint density at radius 3 is 2.85 bits per heavy atom. The lowest BCUT2D eigenvalue weighted by molar-refractivity contribution is 0.473. The molecule has 0 atom stereocenters. The Hall–Kier alpha value is -1.48. The molecule has 66 valence electrons. The van der Waals surface area contributed by atoms with Gasteiger partial charge in [0.05, 0.1) is 0 Å². The molecular formula is C9H5ClO3. The van der Waals surface area contributed by atoms with Crippen LogP contribution in [-0.2, 0) is 0 Å². The predicted molar refractivity (Wildman–Crippen MR) is 49.2 cm³/mol. The van der Waals surface area contributed by atoms with Crippen LogP contribution in [0.1, 0.15) is 0 Å². The molecule has 0 aliphatic carbocycles. The van der Waals surface area contributed by atoms with Crippen molar-refractivity contribution in [2.45, 2.75) is 0 Å². The number of rotatable bonds is 0. The topological polar surface area (TPSA) is 50.4 Å². The molecular weight excluding hydrogens is 192 g/mol. The van der Waals surface area contributed by atoms with Gasteiger partial charge < -0.3 is 9.52 Å². The number of aromatic hydroxyl groups is 1. The second kappa shape index (κ2) is 2.78. The zero-order valence-corrected chi connectivity index (χ0v) is 7.21. The van der Waals surface area contributed by atoms with Gasteiger partial charge in [0.15, 0.2) is 0 Å². The minimum atomic E-state index is -0.597. The molecule has 1 aromatic heterocycles. The van der Waals surface area contributed by atoms with Crippen molar-refractivity contribution in [3.8, 4) is 5.75 Å². The molecule has 1 aromatic carbocycles. The minimum absolute atomic E-state index is 0.0400. The maximum atomic E-state index is 11.0. The van der Waals surface area contributed by atoms with Crippen LogP contribution in [0.3, 0.4) is 0 Å². The molecule has 0 aliphatic rings. The molecule has 0 aliphatic heterocycles. The normalized spacial score (nSPS) is 10.5. The largest absolute Gasteiger partial charge is 0.508 e. The van der Waals surface area contributed by atoms with Crippen LogP contribution in [0.15, 0.2) is 33.5 Å². The summed E-state index contributed by atoms with van der Waals surface area (Å²) in [6.45, 7) is 0. The molecule has 0 radical (unpaired) electrons. The van der Waals surface area contributed by atoms with Gasteiger partial charge in [-0.2, -0.15) is 0 Å². The van der Waals surface area contributed by atoms with Crippen molar-refractivity contribution in [2.24, 2.45) is 0 Å². The highest BCUT2D eigenvalue weighted by molar-refractivity contribution is 6.30. The van der Waals surface area contributed by atoms with Crippen LogP contribution in [0.5, 0.6) is 5.75 Å². The molecule has 0 saturated carbocycles. The molecule has 13 heavy (non-hydrogen) atoms. The summed E-state index contributed by atoms with van der Waals surface area (Å²) in [5.41, 5.74) is -0.269. The van der Waals surface area contributed by atoms with Crippen LogP contribution >= 0.6 is 11.6 Å². The van der Waals surface area contributed by atoms with Crippen molar-refractivity contribution < 1.29 is 9.52 Å². The summed E-state index contributed by atoms with van der Waals surface area (Å²) in [5.74, 6) is 0.0537. The standard InChI is InChI=1S/C9H5ClO3/c10-7-3-5-1-2-6(11)4-8(5)13-9(7)12/h1-4,11H. The molecule has 2 aromatic rings. The molecule has 0 bridgehead atoms. The molecule has 0 saturated heterocycles. The Morgan fingerprint density at radius 1 is 1.31 bits per heavy atom. The van der Waals surface area contributed by atoms with Crippen molar-refractivity contribution in [1.29, 1.82) is 0 Å². The highest BCUT2D eigenvalue weighted by Gasteiger charge is 2.02. The van der Waals surface area contributed by atoms with Crippen LogP contribution in [0.4, 0.5) is 0 Å². The first-order valence-corrected chi connectivity index (χ1v) is 3.97. The van der Waals surface area contributed by atoms with Crippen LogP contribution < -0.4 is 5.63 Å². The molecule has 0 spiro atoms. The van der Waals surface area contributed by atoms with Gasteiger partial charge in [0.1, 0.15) is 16.4 Å². The Bertz CT molecular complexity index is 516. The first-order valence-electron chi connectivity index (χ1n) is 3.59. The molecule has 0 amide bonds. The average molecular weight is 197 g/mol. The lowest BCUT2D eigenvalue weighted by Gasteiger charge is -1.96. The van der Waals surface area contributed by atoms with E-state index in [9.17, 15) is 4.79 Å². The van der Waals surface area contributed by atoms with E-state index in [0.717, 1.165) is 0 Å². The van der Waals surface area contributed by atoms with Gasteiger partial charge in [-0.25, -0.2) is 4.79 Å². The van der Waals surface area contributed by atoms with Crippen molar-refractivity contribution in [3.05, 3.63) is 39.7 Å². The van der Waals surface area contributed by atoms with E-state index in [1.165, 1.54) is 18.2 Å². The number of hydrogen-bond acceptors (Lipinski definition) is 3. The van der Waals surface area contributed by atoms with Crippen LogP contribution in [0.25, 0.3) is 11.0 Å². The first kappa shape index (κ1) is 8.13. The Balaban J connectivity index is 2.89. The van der Waals surface area contributed by atoms with Crippen molar-refractivity contribution in [3.63, 3.8) is 0 Å². The zero-order chi connectivity index (χ0) is 9.42. The molecule has 1 N–H and O–H groups in total.